The number of para-hydroxylation sites is 2. The third-order valence-electron chi connectivity index (χ3n) is 11.0. The standard InChI is InChI=1S/C49H35N3/c50-32-33-19-24-46-43(27-33)45-30-38(22-26-48(45)51(46)40-15-6-2-7-16-40)37-21-25-47-44(29-37)42-23-20-39(31-49(42)52(47)41-17-8-3-9-18-41)36-14-10-13-35(28-36)34-11-4-1-5-12-34/h1-4,6-11,13-31,42,49H,5,12H2. The van der Waals surface area contributed by atoms with Gasteiger partial charge in [-0.2, -0.15) is 5.26 Å². The predicted octanol–water partition coefficient (Wildman–Crippen LogP) is 12.3. The fraction of sp³-hybridized carbons (Fsp3) is 0.0816. The van der Waals surface area contributed by atoms with Crippen molar-refractivity contribution < 1.29 is 0 Å². The summed E-state index contributed by atoms with van der Waals surface area (Å²) in [6, 6.07) is 52.6. The summed E-state index contributed by atoms with van der Waals surface area (Å²) in [4.78, 5) is 2.52. The van der Waals surface area contributed by atoms with Crippen LogP contribution in [0.1, 0.15) is 41.0 Å². The van der Waals surface area contributed by atoms with Crippen LogP contribution in [0.2, 0.25) is 0 Å². The van der Waals surface area contributed by atoms with Gasteiger partial charge in [0.15, 0.2) is 0 Å². The number of allylic oxidation sites excluding steroid dienone is 6. The summed E-state index contributed by atoms with van der Waals surface area (Å²) in [5, 5.41) is 12.0. The third kappa shape index (κ3) is 4.95. The molecule has 0 radical (unpaired) electrons. The fourth-order valence-electron chi connectivity index (χ4n) is 8.53. The number of benzene rings is 6. The average molecular weight is 666 g/mol. The van der Waals surface area contributed by atoms with Crippen LogP contribution in [-0.4, -0.2) is 10.6 Å². The van der Waals surface area contributed by atoms with Crippen LogP contribution in [0.3, 0.4) is 0 Å². The molecule has 0 fully saturated rings. The Hall–Kier alpha value is -6.63. The van der Waals surface area contributed by atoms with Gasteiger partial charge in [-0.25, -0.2) is 0 Å². The highest BCUT2D eigenvalue weighted by Gasteiger charge is 2.38. The lowest BCUT2D eigenvalue weighted by Crippen LogP contribution is -2.29. The second-order valence-electron chi connectivity index (χ2n) is 14.0. The van der Waals surface area contributed by atoms with Crippen LogP contribution in [0, 0.1) is 11.3 Å². The molecule has 0 N–H and O–H groups in total. The molecule has 3 nitrogen and oxygen atoms in total. The maximum Gasteiger partial charge on any atom is 0.0991 e. The van der Waals surface area contributed by atoms with Crippen LogP contribution in [0.5, 0.6) is 0 Å². The van der Waals surface area contributed by atoms with Gasteiger partial charge in [-0.3, -0.25) is 0 Å². The van der Waals surface area contributed by atoms with Gasteiger partial charge in [0.2, 0.25) is 0 Å². The highest BCUT2D eigenvalue weighted by atomic mass is 15.2. The Morgan fingerprint density at radius 3 is 2.15 bits per heavy atom. The lowest BCUT2D eigenvalue weighted by atomic mass is 9.85. The number of nitriles is 1. The summed E-state index contributed by atoms with van der Waals surface area (Å²) in [5.41, 5.74) is 15.4. The molecular weight excluding hydrogens is 631 g/mol. The van der Waals surface area contributed by atoms with Crippen LogP contribution in [0.15, 0.2) is 176 Å². The lowest BCUT2D eigenvalue weighted by Gasteiger charge is -2.30. The van der Waals surface area contributed by atoms with Crippen LogP contribution in [0.4, 0.5) is 11.4 Å². The Morgan fingerprint density at radius 1 is 0.635 bits per heavy atom. The molecule has 2 atom stereocenters. The Bertz CT molecular complexity index is 2700. The summed E-state index contributed by atoms with van der Waals surface area (Å²) in [7, 11) is 0. The van der Waals surface area contributed by atoms with Crippen LogP contribution < -0.4 is 4.90 Å². The van der Waals surface area contributed by atoms with Crippen LogP contribution >= 0.6 is 0 Å². The van der Waals surface area contributed by atoms with E-state index < -0.39 is 0 Å². The third-order valence-corrected chi connectivity index (χ3v) is 11.0. The molecule has 0 bridgehead atoms. The molecule has 52 heavy (non-hydrogen) atoms. The molecular formula is C49H35N3. The zero-order valence-corrected chi connectivity index (χ0v) is 28.7. The van der Waals surface area contributed by atoms with Crippen molar-refractivity contribution in [2.45, 2.75) is 24.8 Å². The molecule has 2 unspecified atom stereocenters. The molecule has 3 heteroatoms. The Kier molecular flexibility index (Phi) is 7.15. The smallest absolute Gasteiger partial charge is 0.0991 e. The summed E-state index contributed by atoms with van der Waals surface area (Å²) >= 11 is 0. The summed E-state index contributed by atoms with van der Waals surface area (Å²) in [6.07, 6.45) is 16.1. The molecule has 2 aliphatic carbocycles. The molecule has 0 saturated carbocycles. The van der Waals surface area contributed by atoms with Crippen molar-refractivity contribution in [3.8, 4) is 22.9 Å². The normalized spacial score (nSPS) is 17.5. The maximum atomic E-state index is 9.79. The molecule has 10 rings (SSSR count). The molecule has 1 aliphatic heterocycles. The second-order valence-corrected chi connectivity index (χ2v) is 14.0. The van der Waals surface area contributed by atoms with E-state index in [0.29, 0.717) is 5.56 Å². The van der Waals surface area contributed by atoms with Gasteiger partial charge in [-0.1, -0.05) is 103 Å². The molecule has 0 spiro atoms. The first-order valence-corrected chi connectivity index (χ1v) is 18.1. The Labute approximate surface area is 304 Å². The summed E-state index contributed by atoms with van der Waals surface area (Å²) in [6.45, 7) is 0. The molecule has 0 saturated heterocycles. The van der Waals surface area contributed by atoms with E-state index in [-0.39, 0.29) is 12.0 Å². The van der Waals surface area contributed by atoms with Crippen molar-refractivity contribution in [2.75, 3.05) is 4.90 Å². The van der Waals surface area contributed by atoms with Gasteiger partial charge in [0.25, 0.3) is 0 Å². The van der Waals surface area contributed by atoms with Gasteiger partial charge in [0, 0.05) is 33.8 Å². The number of anilines is 2. The minimum Gasteiger partial charge on any atom is -0.333 e. The van der Waals surface area contributed by atoms with Crippen molar-refractivity contribution in [2.24, 2.45) is 0 Å². The SMILES string of the molecule is N#Cc1ccc2c(c1)c1cc(-c3ccc4c(c3)C3C=CC(c5cccc(C6=CC=CCC6)c5)=CC3N4c3ccccc3)ccc1n2-c1ccccc1. The zero-order chi connectivity index (χ0) is 34.6. The van der Waals surface area contributed by atoms with E-state index in [2.05, 4.69) is 173 Å². The second kappa shape index (κ2) is 12.3. The minimum absolute atomic E-state index is 0.156. The van der Waals surface area contributed by atoms with Crippen LogP contribution in [-0.2, 0) is 0 Å². The minimum atomic E-state index is 0.156. The Morgan fingerprint density at radius 2 is 1.37 bits per heavy atom. The summed E-state index contributed by atoms with van der Waals surface area (Å²) in [5.74, 6) is 0.218. The molecule has 2 heterocycles. The van der Waals surface area contributed by atoms with E-state index in [9.17, 15) is 5.26 Å². The quantitative estimate of drug-likeness (QED) is 0.183. The fourth-order valence-corrected chi connectivity index (χ4v) is 8.53. The number of nitrogens with zero attached hydrogens (tertiary/aromatic N) is 3. The molecule has 3 aliphatic rings. The highest BCUT2D eigenvalue weighted by Crippen LogP contribution is 2.50. The zero-order valence-electron chi connectivity index (χ0n) is 28.7. The van der Waals surface area contributed by atoms with Gasteiger partial charge in [0.1, 0.15) is 0 Å². The monoisotopic (exact) mass is 665 g/mol. The molecule has 6 aromatic carbocycles. The van der Waals surface area contributed by atoms with E-state index >= 15 is 0 Å². The first-order chi connectivity index (χ1) is 25.7. The van der Waals surface area contributed by atoms with E-state index in [4.69, 9.17) is 0 Å². The Balaban J connectivity index is 1.08. The van der Waals surface area contributed by atoms with Crippen molar-refractivity contribution in [1.29, 1.82) is 5.26 Å². The van der Waals surface area contributed by atoms with Gasteiger partial charge < -0.3 is 9.47 Å². The molecule has 7 aromatic rings. The number of hydrogen-bond donors (Lipinski definition) is 0. The predicted molar refractivity (Wildman–Crippen MR) is 216 cm³/mol. The topological polar surface area (TPSA) is 32.0 Å². The highest BCUT2D eigenvalue weighted by molar-refractivity contribution is 6.11. The van der Waals surface area contributed by atoms with Crippen LogP contribution in [0.25, 0.3) is 49.8 Å². The number of rotatable bonds is 5. The number of aromatic nitrogens is 1. The number of hydrogen-bond acceptors (Lipinski definition) is 2. The van der Waals surface area contributed by atoms with Crippen molar-refractivity contribution in [3.63, 3.8) is 0 Å². The lowest BCUT2D eigenvalue weighted by molar-refractivity contribution is 0.747. The first-order valence-electron chi connectivity index (χ1n) is 18.1. The summed E-state index contributed by atoms with van der Waals surface area (Å²) < 4.78 is 2.30. The van der Waals surface area contributed by atoms with Crippen molar-refractivity contribution in [1.82, 2.24) is 4.57 Å². The molecule has 0 amide bonds. The van der Waals surface area contributed by atoms with Gasteiger partial charge in [-0.15, -0.1) is 0 Å². The number of fused-ring (bicyclic) bond motifs is 6. The van der Waals surface area contributed by atoms with E-state index in [1.807, 2.05) is 18.2 Å². The van der Waals surface area contributed by atoms with Gasteiger partial charge in [0.05, 0.1) is 28.7 Å². The van der Waals surface area contributed by atoms with E-state index in [1.165, 1.54) is 50.3 Å². The molecule has 1 aromatic heterocycles. The van der Waals surface area contributed by atoms with Gasteiger partial charge in [-0.05, 0) is 125 Å². The van der Waals surface area contributed by atoms with E-state index in [1.54, 1.807) is 0 Å². The molecule has 246 valence electrons. The van der Waals surface area contributed by atoms with Gasteiger partial charge >= 0.3 is 0 Å². The first kappa shape index (κ1) is 30.2. The van der Waals surface area contributed by atoms with Crippen molar-refractivity contribution in [3.05, 3.63) is 198 Å². The van der Waals surface area contributed by atoms with E-state index in [0.717, 1.165) is 40.3 Å². The largest absolute Gasteiger partial charge is 0.333 e. The average Bonchev–Trinajstić information content (AvgIpc) is 3.73. The van der Waals surface area contributed by atoms with Crippen molar-refractivity contribution >= 4 is 44.3 Å². The maximum absolute atomic E-state index is 9.79.